The average Bonchev–Trinajstić information content (AvgIpc) is 2.69. The summed E-state index contributed by atoms with van der Waals surface area (Å²) in [5.41, 5.74) is 1.88. The zero-order chi connectivity index (χ0) is 14.7. The van der Waals surface area contributed by atoms with Crippen LogP contribution in [0.15, 0.2) is 30.0 Å². The van der Waals surface area contributed by atoms with Crippen molar-refractivity contribution in [3.63, 3.8) is 0 Å². The van der Waals surface area contributed by atoms with E-state index in [0.717, 1.165) is 16.5 Å². The van der Waals surface area contributed by atoms with Gasteiger partial charge >= 0.3 is 0 Å². The lowest BCUT2D eigenvalue weighted by atomic mass is 10.1. The number of aliphatic hydroxyl groups is 1. The van der Waals surface area contributed by atoms with Gasteiger partial charge < -0.3 is 10.4 Å². The molecule has 2 N–H and O–H groups in total. The van der Waals surface area contributed by atoms with Gasteiger partial charge in [-0.05, 0) is 19.1 Å². The van der Waals surface area contributed by atoms with Crippen molar-refractivity contribution in [2.75, 3.05) is 18.5 Å². The highest BCUT2D eigenvalue weighted by atomic mass is 16.3. The molecule has 2 rings (SSSR count). The van der Waals surface area contributed by atoms with Crippen LogP contribution in [0.3, 0.4) is 0 Å². The molecular weight excluding hydrogens is 260 g/mol. The number of aryl methyl sites for hydroxylation is 1. The number of hydrogen-bond donors (Lipinski definition) is 2. The van der Waals surface area contributed by atoms with Crippen LogP contribution in [0.25, 0.3) is 0 Å². The number of carbonyl (C=O) groups excluding carboxylic acids is 3. The Hall–Kier alpha value is -2.47. The molecule has 1 heterocycles. The summed E-state index contributed by atoms with van der Waals surface area (Å²) in [6.07, 6.45) is 1.84. The Morgan fingerprint density at radius 2 is 2.10 bits per heavy atom. The second-order valence-corrected chi connectivity index (χ2v) is 4.41. The van der Waals surface area contributed by atoms with E-state index in [0.29, 0.717) is 17.5 Å². The standard InChI is InChI=1S/C14H14N2O4/c1-9-2-3-11(10(6-9)8-18)15-12-7-13(19)16(4-5-17)14(12)20/h2-3,6-8,15,17H,4-5H2,1H3. The summed E-state index contributed by atoms with van der Waals surface area (Å²) in [6.45, 7) is 1.51. The minimum Gasteiger partial charge on any atom is -0.395 e. The first kappa shape index (κ1) is 14.0. The highest BCUT2D eigenvalue weighted by Crippen LogP contribution is 2.20. The van der Waals surface area contributed by atoms with E-state index in [1.807, 2.05) is 6.92 Å². The van der Waals surface area contributed by atoms with Gasteiger partial charge in [0.05, 0.1) is 13.2 Å². The molecule has 2 amide bonds. The Labute approximate surface area is 115 Å². The topological polar surface area (TPSA) is 86.7 Å². The number of nitrogens with one attached hydrogen (secondary N) is 1. The average molecular weight is 274 g/mol. The second-order valence-electron chi connectivity index (χ2n) is 4.41. The van der Waals surface area contributed by atoms with E-state index < -0.39 is 11.8 Å². The van der Waals surface area contributed by atoms with Crippen molar-refractivity contribution in [2.24, 2.45) is 0 Å². The molecule has 0 unspecified atom stereocenters. The van der Waals surface area contributed by atoms with Crippen LogP contribution in [0.4, 0.5) is 5.69 Å². The largest absolute Gasteiger partial charge is 0.395 e. The summed E-state index contributed by atoms with van der Waals surface area (Å²) < 4.78 is 0. The molecule has 0 saturated carbocycles. The van der Waals surface area contributed by atoms with Gasteiger partial charge in [-0.15, -0.1) is 0 Å². The maximum atomic E-state index is 12.0. The molecule has 0 aliphatic carbocycles. The summed E-state index contributed by atoms with van der Waals surface area (Å²) >= 11 is 0. The second kappa shape index (κ2) is 5.66. The van der Waals surface area contributed by atoms with Gasteiger partial charge in [-0.2, -0.15) is 0 Å². The van der Waals surface area contributed by atoms with Crippen molar-refractivity contribution in [1.82, 2.24) is 4.90 Å². The summed E-state index contributed by atoms with van der Waals surface area (Å²) in [6, 6.07) is 5.15. The highest BCUT2D eigenvalue weighted by molar-refractivity contribution is 6.17. The molecule has 0 atom stereocenters. The van der Waals surface area contributed by atoms with Crippen LogP contribution in [-0.2, 0) is 9.59 Å². The minimum absolute atomic E-state index is 0.0478. The van der Waals surface area contributed by atoms with Crippen molar-refractivity contribution in [1.29, 1.82) is 0 Å². The van der Waals surface area contributed by atoms with Gasteiger partial charge in [-0.3, -0.25) is 19.3 Å². The fourth-order valence-electron chi connectivity index (χ4n) is 1.95. The molecule has 1 aromatic carbocycles. The van der Waals surface area contributed by atoms with Gasteiger partial charge in [0.15, 0.2) is 6.29 Å². The van der Waals surface area contributed by atoms with Crippen LogP contribution in [-0.4, -0.2) is 41.3 Å². The van der Waals surface area contributed by atoms with Crippen LogP contribution in [0.1, 0.15) is 15.9 Å². The number of imide groups is 1. The number of carbonyl (C=O) groups is 3. The van der Waals surface area contributed by atoms with Gasteiger partial charge in [-0.25, -0.2) is 0 Å². The normalized spacial score (nSPS) is 14.5. The molecule has 1 aliphatic heterocycles. The van der Waals surface area contributed by atoms with Gasteiger partial charge in [0, 0.05) is 17.3 Å². The lowest BCUT2D eigenvalue weighted by Crippen LogP contribution is -2.34. The smallest absolute Gasteiger partial charge is 0.277 e. The number of anilines is 1. The van der Waals surface area contributed by atoms with Crippen LogP contribution in [0, 0.1) is 6.92 Å². The number of aldehydes is 1. The van der Waals surface area contributed by atoms with Crippen molar-refractivity contribution in [2.45, 2.75) is 6.92 Å². The number of rotatable bonds is 5. The minimum atomic E-state index is -0.513. The Kier molecular flexibility index (Phi) is 3.95. The van der Waals surface area contributed by atoms with E-state index in [1.54, 1.807) is 18.2 Å². The first-order chi connectivity index (χ1) is 9.56. The van der Waals surface area contributed by atoms with Crippen LogP contribution in [0.2, 0.25) is 0 Å². The molecule has 6 heteroatoms. The monoisotopic (exact) mass is 274 g/mol. The van der Waals surface area contributed by atoms with E-state index in [9.17, 15) is 14.4 Å². The lowest BCUT2D eigenvalue weighted by Gasteiger charge is -2.14. The van der Waals surface area contributed by atoms with Crippen LogP contribution >= 0.6 is 0 Å². The Balaban J connectivity index is 2.23. The fraction of sp³-hybridized carbons (Fsp3) is 0.214. The maximum Gasteiger partial charge on any atom is 0.277 e. The molecule has 104 valence electrons. The summed E-state index contributed by atoms with van der Waals surface area (Å²) in [5, 5.41) is 11.6. The Morgan fingerprint density at radius 3 is 2.75 bits per heavy atom. The SMILES string of the molecule is Cc1ccc(NC2=CC(=O)N(CCO)C2=O)c(C=O)c1. The van der Waals surface area contributed by atoms with Gasteiger partial charge in [-0.1, -0.05) is 11.6 Å². The van der Waals surface area contributed by atoms with Crippen molar-refractivity contribution >= 4 is 23.8 Å². The molecule has 0 bridgehead atoms. The fourth-order valence-corrected chi connectivity index (χ4v) is 1.95. The highest BCUT2D eigenvalue weighted by Gasteiger charge is 2.30. The van der Waals surface area contributed by atoms with Crippen LogP contribution in [0.5, 0.6) is 0 Å². The molecule has 20 heavy (non-hydrogen) atoms. The Morgan fingerprint density at radius 1 is 1.35 bits per heavy atom. The Bertz CT molecular complexity index is 607. The van der Waals surface area contributed by atoms with E-state index in [1.165, 1.54) is 0 Å². The number of amides is 2. The molecule has 0 spiro atoms. The maximum absolute atomic E-state index is 12.0. The molecule has 0 radical (unpaired) electrons. The zero-order valence-electron chi connectivity index (χ0n) is 10.9. The van der Waals surface area contributed by atoms with E-state index >= 15 is 0 Å². The van der Waals surface area contributed by atoms with Gasteiger partial charge in [0.1, 0.15) is 5.70 Å². The predicted molar refractivity (Wildman–Crippen MR) is 72.1 cm³/mol. The first-order valence-electron chi connectivity index (χ1n) is 6.08. The lowest BCUT2D eigenvalue weighted by molar-refractivity contribution is -0.137. The van der Waals surface area contributed by atoms with Crippen LogP contribution < -0.4 is 5.32 Å². The van der Waals surface area contributed by atoms with Crippen molar-refractivity contribution in [3.05, 3.63) is 41.1 Å². The number of benzene rings is 1. The molecular formula is C14H14N2O4. The summed E-state index contributed by atoms with van der Waals surface area (Å²) in [7, 11) is 0. The van der Waals surface area contributed by atoms with E-state index in [2.05, 4.69) is 5.32 Å². The number of aliphatic hydroxyl groups excluding tert-OH is 1. The summed E-state index contributed by atoms with van der Waals surface area (Å²) in [4.78, 5) is 35.5. The third-order valence-electron chi connectivity index (χ3n) is 2.94. The van der Waals surface area contributed by atoms with Crippen molar-refractivity contribution < 1.29 is 19.5 Å². The number of nitrogens with zero attached hydrogens (tertiary/aromatic N) is 1. The molecule has 0 saturated heterocycles. The molecule has 0 aromatic heterocycles. The number of hydrogen-bond acceptors (Lipinski definition) is 5. The van der Waals surface area contributed by atoms with E-state index in [-0.39, 0.29) is 18.8 Å². The summed E-state index contributed by atoms with van der Waals surface area (Å²) in [5.74, 6) is -0.993. The first-order valence-corrected chi connectivity index (χ1v) is 6.08. The molecule has 6 nitrogen and oxygen atoms in total. The van der Waals surface area contributed by atoms with Crippen molar-refractivity contribution in [3.8, 4) is 0 Å². The van der Waals surface area contributed by atoms with Gasteiger partial charge in [0.25, 0.3) is 11.8 Å². The predicted octanol–water partition coefficient (Wildman–Crippen LogP) is 0.464. The molecule has 1 aromatic rings. The zero-order valence-corrected chi connectivity index (χ0v) is 10.9. The molecule has 1 aliphatic rings. The molecule has 0 fully saturated rings. The number of β-amino-alcohol motifs (C(OH)–C–C–N with tert-alkyl or cyclic N) is 1. The quantitative estimate of drug-likeness (QED) is 0.602. The van der Waals surface area contributed by atoms with E-state index in [4.69, 9.17) is 5.11 Å². The third kappa shape index (κ3) is 2.60. The third-order valence-corrected chi connectivity index (χ3v) is 2.94. The van der Waals surface area contributed by atoms with Gasteiger partial charge in [0.2, 0.25) is 0 Å².